The Balaban J connectivity index is 1.45. The van der Waals surface area contributed by atoms with Crippen molar-refractivity contribution in [3.8, 4) is 11.3 Å². The highest BCUT2D eigenvalue weighted by atomic mass is 19.1. The quantitative estimate of drug-likeness (QED) is 0.454. The van der Waals surface area contributed by atoms with Gasteiger partial charge in [-0.15, -0.1) is 0 Å². The third-order valence-corrected chi connectivity index (χ3v) is 7.09. The molecule has 178 valence electrons. The smallest absolute Gasteiger partial charge is 0.236 e. The fourth-order valence-corrected chi connectivity index (χ4v) is 5.20. The van der Waals surface area contributed by atoms with Gasteiger partial charge >= 0.3 is 0 Å². The Labute approximate surface area is 199 Å². The topological polar surface area (TPSA) is 56.6 Å². The summed E-state index contributed by atoms with van der Waals surface area (Å²) in [5.74, 6) is 0.593. The Hall–Kier alpha value is -3.19. The monoisotopic (exact) mass is 461 g/mol. The van der Waals surface area contributed by atoms with E-state index in [1.807, 2.05) is 20.3 Å². The summed E-state index contributed by atoms with van der Waals surface area (Å²) in [6, 6.07) is 8.28. The van der Waals surface area contributed by atoms with Gasteiger partial charge in [0.05, 0.1) is 12.2 Å². The molecule has 0 spiro atoms. The molecular weight excluding hydrogens is 429 g/mol. The number of carbonyl (C=O) groups excluding carboxylic acids is 1. The largest absolute Gasteiger partial charge is 0.354 e. The highest BCUT2D eigenvalue weighted by molar-refractivity contribution is 5.92. The summed E-state index contributed by atoms with van der Waals surface area (Å²) in [5, 5.41) is 1.21. The molecule has 0 radical (unpaired) electrons. The number of carbonyl (C=O) groups is 1. The number of aromatic nitrogens is 3. The van der Waals surface area contributed by atoms with Crippen LogP contribution in [0.3, 0.4) is 0 Å². The first-order chi connectivity index (χ1) is 16.3. The molecule has 0 unspecified atom stereocenters. The van der Waals surface area contributed by atoms with E-state index in [2.05, 4.69) is 46.9 Å². The molecule has 0 atom stereocenters. The maximum atomic E-state index is 14.7. The number of amides is 1. The van der Waals surface area contributed by atoms with Crippen molar-refractivity contribution in [3.63, 3.8) is 0 Å². The summed E-state index contributed by atoms with van der Waals surface area (Å²) in [6.07, 6.45) is 7.42. The number of fused-ring (bicyclic) bond motifs is 2. The maximum Gasteiger partial charge on any atom is 0.236 e. The lowest BCUT2D eigenvalue weighted by Crippen LogP contribution is -2.40. The third kappa shape index (κ3) is 4.09. The average molecular weight is 462 g/mol. The van der Waals surface area contributed by atoms with Crippen molar-refractivity contribution in [1.29, 1.82) is 0 Å². The summed E-state index contributed by atoms with van der Waals surface area (Å²) in [5.41, 5.74) is 5.76. The second kappa shape index (κ2) is 8.87. The minimum atomic E-state index is -0.323. The molecule has 5 rings (SSSR count). The van der Waals surface area contributed by atoms with Crippen LogP contribution in [0.2, 0.25) is 0 Å². The molecule has 1 amide bonds. The minimum absolute atomic E-state index is 0.159. The number of benzene rings is 1. The van der Waals surface area contributed by atoms with E-state index in [1.165, 1.54) is 16.5 Å². The van der Waals surface area contributed by atoms with Gasteiger partial charge in [0.15, 0.2) is 11.5 Å². The van der Waals surface area contributed by atoms with Crippen LogP contribution in [0.25, 0.3) is 27.8 Å². The van der Waals surface area contributed by atoms with Gasteiger partial charge in [-0.1, -0.05) is 19.9 Å². The van der Waals surface area contributed by atoms with Crippen molar-refractivity contribution in [2.45, 2.75) is 38.5 Å². The third-order valence-electron chi connectivity index (χ3n) is 7.09. The normalized spacial score (nSPS) is 15.6. The van der Waals surface area contributed by atoms with E-state index in [-0.39, 0.29) is 17.6 Å². The predicted octanol–water partition coefficient (Wildman–Crippen LogP) is 5.01. The fourth-order valence-electron chi connectivity index (χ4n) is 5.20. The summed E-state index contributed by atoms with van der Waals surface area (Å²) < 4.78 is 16.4. The second-order valence-corrected chi connectivity index (χ2v) is 9.95. The zero-order valence-corrected chi connectivity index (χ0v) is 20.3. The van der Waals surface area contributed by atoms with Crippen LogP contribution >= 0.6 is 0 Å². The van der Waals surface area contributed by atoms with Gasteiger partial charge in [-0.25, -0.2) is 9.37 Å². The van der Waals surface area contributed by atoms with Gasteiger partial charge in [0, 0.05) is 49.2 Å². The molecule has 1 N–H and O–H groups in total. The van der Waals surface area contributed by atoms with Crippen LogP contribution in [0.5, 0.6) is 0 Å². The number of nitrogens with zero attached hydrogens (tertiary/aromatic N) is 4. The van der Waals surface area contributed by atoms with E-state index in [1.54, 1.807) is 27.8 Å². The van der Waals surface area contributed by atoms with Crippen molar-refractivity contribution < 1.29 is 9.18 Å². The van der Waals surface area contributed by atoms with Crippen LogP contribution in [-0.2, 0) is 4.79 Å². The lowest BCUT2D eigenvalue weighted by Gasteiger charge is -2.32. The molecule has 0 bridgehead atoms. The minimum Gasteiger partial charge on any atom is -0.354 e. The number of hydrogen-bond acceptors (Lipinski definition) is 3. The Morgan fingerprint density at radius 2 is 2.00 bits per heavy atom. The highest BCUT2D eigenvalue weighted by Crippen LogP contribution is 2.38. The predicted molar refractivity (Wildman–Crippen MR) is 134 cm³/mol. The van der Waals surface area contributed by atoms with Gasteiger partial charge in [0.25, 0.3) is 0 Å². The van der Waals surface area contributed by atoms with E-state index >= 15 is 0 Å². The molecule has 1 aliphatic rings. The van der Waals surface area contributed by atoms with Crippen molar-refractivity contribution >= 4 is 22.5 Å². The molecule has 3 aromatic heterocycles. The van der Waals surface area contributed by atoms with Crippen molar-refractivity contribution in [2.24, 2.45) is 0 Å². The standard InChI is InChI=1S/C27H32FN5O/c1-17(2)25-21-13-19(18-7-10-32(11-8-18)16-24(34)31(3)4)5-6-23(21)30-26(25)20-14-22(28)27-29-9-12-33(27)15-20/h5-6,9,12-15,17-18,30H,7-8,10-11,16H2,1-4H3. The first-order valence-electron chi connectivity index (χ1n) is 12.0. The number of rotatable bonds is 5. The molecule has 0 aliphatic carbocycles. The number of imidazole rings is 1. The Morgan fingerprint density at radius 3 is 2.71 bits per heavy atom. The Bertz CT molecular complexity index is 1340. The number of aromatic amines is 1. The van der Waals surface area contributed by atoms with Gasteiger partial charge in [0.1, 0.15) is 0 Å². The summed E-state index contributed by atoms with van der Waals surface area (Å²) in [6.45, 7) is 6.73. The number of hydrogen-bond donors (Lipinski definition) is 1. The van der Waals surface area contributed by atoms with E-state index in [0.29, 0.717) is 18.1 Å². The molecule has 4 heterocycles. The van der Waals surface area contributed by atoms with Crippen LogP contribution in [0, 0.1) is 5.82 Å². The number of nitrogens with one attached hydrogen (secondary N) is 1. The average Bonchev–Trinajstić information content (AvgIpc) is 3.44. The molecule has 7 heteroatoms. The first kappa shape index (κ1) is 22.6. The number of halogens is 1. The van der Waals surface area contributed by atoms with Gasteiger partial charge in [-0.05, 0) is 67.1 Å². The van der Waals surface area contributed by atoms with Crippen LogP contribution in [0.1, 0.15) is 49.7 Å². The molecule has 1 fully saturated rings. The second-order valence-electron chi connectivity index (χ2n) is 9.95. The number of likely N-dealkylation sites (tertiary alicyclic amines) is 1. The van der Waals surface area contributed by atoms with Gasteiger partial charge in [0.2, 0.25) is 5.91 Å². The lowest BCUT2D eigenvalue weighted by atomic mass is 9.87. The van der Waals surface area contributed by atoms with E-state index in [0.717, 1.165) is 42.7 Å². The van der Waals surface area contributed by atoms with Crippen molar-refractivity contribution in [1.82, 2.24) is 24.2 Å². The van der Waals surface area contributed by atoms with Crippen LogP contribution in [-0.4, -0.2) is 63.8 Å². The highest BCUT2D eigenvalue weighted by Gasteiger charge is 2.24. The van der Waals surface area contributed by atoms with Gasteiger partial charge < -0.3 is 14.3 Å². The van der Waals surface area contributed by atoms with E-state index in [9.17, 15) is 9.18 Å². The summed E-state index contributed by atoms with van der Waals surface area (Å²) in [7, 11) is 3.62. The van der Waals surface area contributed by atoms with Crippen LogP contribution < -0.4 is 0 Å². The molecule has 0 saturated carbocycles. The fraction of sp³-hybridized carbons (Fsp3) is 0.407. The number of likely N-dealkylation sites (N-methyl/N-ethyl adjacent to an activating group) is 1. The molecule has 34 heavy (non-hydrogen) atoms. The maximum absolute atomic E-state index is 14.7. The van der Waals surface area contributed by atoms with Crippen molar-refractivity contribution in [3.05, 3.63) is 59.8 Å². The molecule has 6 nitrogen and oxygen atoms in total. The lowest BCUT2D eigenvalue weighted by molar-refractivity contribution is -0.130. The summed E-state index contributed by atoms with van der Waals surface area (Å²) >= 11 is 0. The molecule has 4 aromatic rings. The molecule has 1 aromatic carbocycles. The Kier molecular flexibility index (Phi) is 5.90. The molecule has 1 aliphatic heterocycles. The number of pyridine rings is 1. The zero-order chi connectivity index (χ0) is 24.0. The van der Waals surface area contributed by atoms with Crippen molar-refractivity contribution in [2.75, 3.05) is 33.7 Å². The molecule has 1 saturated heterocycles. The zero-order valence-electron chi connectivity index (χ0n) is 20.3. The number of piperidine rings is 1. The van der Waals surface area contributed by atoms with E-state index in [4.69, 9.17) is 0 Å². The first-order valence-corrected chi connectivity index (χ1v) is 12.0. The molecular formula is C27H32FN5O. The SMILES string of the molecule is CC(C)c1c(-c2cc(F)c3nccn3c2)[nH]c2ccc(C3CCN(CC(=O)N(C)C)CC3)cc12. The van der Waals surface area contributed by atoms with E-state index < -0.39 is 0 Å². The number of H-pyrrole nitrogens is 1. The summed E-state index contributed by atoms with van der Waals surface area (Å²) in [4.78, 5) is 23.6. The van der Waals surface area contributed by atoms with Crippen LogP contribution in [0.15, 0.2) is 42.9 Å². The van der Waals surface area contributed by atoms with Gasteiger partial charge in [-0.3, -0.25) is 9.69 Å². The Morgan fingerprint density at radius 1 is 1.24 bits per heavy atom. The van der Waals surface area contributed by atoms with Crippen LogP contribution in [0.4, 0.5) is 4.39 Å². The van der Waals surface area contributed by atoms with Gasteiger partial charge in [-0.2, -0.15) is 0 Å².